The molecule has 0 aliphatic heterocycles. The van der Waals surface area contributed by atoms with Gasteiger partial charge in [-0.2, -0.15) is 0 Å². The predicted molar refractivity (Wildman–Crippen MR) is 69.9 cm³/mol. The smallest absolute Gasteiger partial charge is 0.256 e. The molecule has 1 aromatic rings. The molecule has 0 saturated heterocycles. The van der Waals surface area contributed by atoms with Crippen LogP contribution in [-0.4, -0.2) is 23.9 Å². The van der Waals surface area contributed by atoms with Crippen molar-refractivity contribution in [2.24, 2.45) is 5.92 Å². The Balaban J connectivity index is 2.07. The van der Waals surface area contributed by atoms with E-state index in [1.54, 1.807) is 30.1 Å². The minimum Gasteiger partial charge on any atom is -0.339 e. The van der Waals surface area contributed by atoms with Crippen LogP contribution in [0.3, 0.4) is 0 Å². The molecule has 0 radical (unpaired) electrons. The van der Waals surface area contributed by atoms with Crippen LogP contribution < -0.4 is 0 Å². The molecule has 0 bridgehead atoms. The molecule has 0 N–H and O–H groups in total. The minimum atomic E-state index is -0.432. The van der Waals surface area contributed by atoms with E-state index < -0.39 is 5.82 Å². The van der Waals surface area contributed by atoms with Crippen LogP contribution in [0.15, 0.2) is 24.3 Å². The molecule has 18 heavy (non-hydrogen) atoms. The Kier molecular flexibility index (Phi) is 4.00. The molecule has 1 aliphatic carbocycles. The Bertz CT molecular complexity index is 424. The highest BCUT2D eigenvalue weighted by Crippen LogP contribution is 2.27. The molecule has 0 unspecified atom stereocenters. The number of rotatable bonds is 2. The van der Waals surface area contributed by atoms with Crippen LogP contribution in [0.4, 0.5) is 4.39 Å². The van der Waals surface area contributed by atoms with Crippen molar-refractivity contribution < 1.29 is 9.18 Å². The van der Waals surface area contributed by atoms with Gasteiger partial charge in [-0.15, -0.1) is 0 Å². The molecule has 0 aromatic heterocycles. The number of halogens is 1. The zero-order chi connectivity index (χ0) is 13.1. The van der Waals surface area contributed by atoms with E-state index in [1.807, 2.05) is 0 Å². The fourth-order valence-corrected chi connectivity index (χ4v) is 2.62. The third kappa shape index (κ3) is 2.71. The van der Waals surface area contributed by atoms with E-state index in [2.05, 4.69) is 6.92 Å². The maximum absolute atomic E-state index is 13.6. The largest absolute Gasteiger partial charge is 0.339 e. The van der Waals surface area contributed by atoms with Crippen LogP contribution in [0.2, 0.25) is 0 Å². The Morgan fingerprint density at radius 3 is 2.44 bits per heavy atom. The SMILES string of the molecule is CC1CCC(N(C)C(=O)c2ccccc2F)CC1. The summed E-state index contributed by atoms with van der Waals surface area (Å²) in [6, 6.07) is 6.46. The highest BCUT2D eigenvalue weighted by molar-refractivity contribution is 5.94. The van der Waals surface area contributed by atoms with Crippen molar-refractivity contribution >= 4 is 5.91 Å². The summed E-state index contributed by atoms with van der Waals surface area (Å²) in [6.45, 7) is 2.24. The lowest BCUT2D eigenvalue weighted by molar-refractivity contribution is 0.0675. The van der Waals surface area contributed by atoms with Crippen LogP contribution in [0, 0.1) is 11.7 Å². The number of benzene rings is 1. The van der Waals surface area contributed by atoms with Gasteiger partial charge in [-0.25, -0.2) is 4.39 Å². The normalized spacial score (nSPS) is 23.7. The third-order valence-corrected chi connectivity index (χ3v) is 3.96. The van der Waals surface area contributed by atoms with E-state index in [-0.39, 0.29) is 17.5 Å². The monoisotopic (exact) mass is 249 g/mol. The number of hydrogen-bond donors (Lipinski definition) is 0. The lowest BCUT2D eigenvalue weighted by Crippen LogP contribution is -2.39. The second-order valence-corrected chi connectivity index (χ2v) is 5.31. The first-order chi connectivity index (χ1) is 8.59. The number of carbonyl (C=O) groups excluding carboxylic acids is 1. The van der Waals surface area contributed by atoms with Crippen molar-refractivity contribution in [1.29, 1.82) is 0 Å². The van der Waals surface area contributed by atoms with Crippen LogP contribution in [0.5, 0.6) is 0 Å². The first-order valence-electron chi connectivity index (χ1n) is 6.61. The van der Waals surface area contributed by atoms with E-state index in [4.69, 9.17) is 0 Å². The summed E-state index contributed by atoms with van der Waals surface area (Å²) in [5.74, 6) is 0.115. The highest BCUT2D eigenvalue weighted by atomic mass is 19.1. The second kappa shape index (κ2) is 5.51. The Morgan fingerprint density at radius 1 is 1.22 bits per heavy atom. The van der Waals surface area contributed by atoms with E-state index >= 15 is 0 Å². The lowest BCUT2D eigenvalue weighted by atomic mass is 9.86. The molecule has 0 heterocycles. The number of amides is 1. The van der Waals surface area contributed by atoms with Gasteiger partial charge in [-0.05, 0) is 43.7 Å². The number of hydrogen-bond acceptors (Lipinski definition) is 1. The van der Waals surface area contributed by atoms with Crippen molar-refractivity contribution in [2.75, 3.05) is 7.05 Å². The molecule has 0 spiro atoms. The summed E-state index contributed by atoms with van der Waals surface area (Å²) >= 11 is 0. The first-order valence-corrected chi connectivity index (χ1v) is 6.61. The second-order valence-electron chi connectivity index (χ2n) is 5.31. The van der Waals surface area contributed by atoms with Crippen LogP contribution in [-0.2, 0) is 0 Å². The minimum absolute atomic E-state index is 0.179. The standard InChI is InChI=1S/C15H20FNO/c1-11-7-9-12(10-8-11)17(2)15(18)13-5-3-4-6-14(13)16/h3-6,11-12H,7-10H2,1-2H3. The number of nitrogens with zero attached hydrogens (tertiary/aromatic N) is 1. The van der Waals surface area contributed by atoms with Gasteiger partial charge in [-0.3, -0.25) is 4.79 Å². The predicted octanol–water partition coefficient (Wildman–Crippen LogP) is 3.48. The van der Waals surface area contributed by atoms with Gasteiger partial charge in [0.2, 0.25) is 0 Å². The van der Waals surface area contributed by atoms with Gasteiger partial charge >= 0.3 is 0 Å². The summed E-state index contributed by atoms with van der Waals surface area (Å²) < 4.78 is 13.6. The Labute approximate surface area is 108 Å². The maximum atomic E-state index is 13.6. The van der Waals surface area contributed by atoms with E-state index in [9.17, 15) is 9.18 Å². The summed E-state index contributed by atoms with van der Waals surface area (Å²) in [5.41, 5.74) is 0.179. The molecule has 1 fully saturated rings. The van der Waals surface area contributed by atoms with Gasteiger partial charge in [0.25, 0.3) is 5.91 Å². The molecule has 1 amide bonds. The van der Waals surface area contributed by atoms with Crippen molar-refractivity contribution in [3.8, 4) is 0 Å². The van der Waals surface area contributed by atoms with Crippen molar-refractivity contribution in [3.63, 3.8) is 0 Å². The van der Waals surface area contributed by atoms with E-state index in [1.165, 1.54) is 6.07 Å². The fourth-order valence-electron chi connectivity index (χ4n) is 2.62. The van der Waals surface area contributed by atoms with Crippen LogP contribution >= 0.6 is 0 Å². The lowest BCUT2D eigenvalue weighted by Gasteiger charge is -2.33. The van der Waals surface area contributed by atoms with Crippen LogP contribution in [0.25, 0.3) is 0 Å². The first kappa shape index (κ1) is 13.1. The molecule has 2 nitrogen and oxygen atoms in total. The number of carbonyl (C=O) groups is 1. The van der Waals surface area contributed by atoms with Crippen LogP contribution in [0.1, 0.15) is 43.0 Å². The van der Waals surface area contributed by atoms with Gasteiger partial charge < -0.3 is 4.90 Å². The topological polar surface area (TPSA) is 20.3 Å². The zero-order valence-corrected chi connectivity index (χ0v) is 11.0. The van der Waals surface area contributed by atoms with Gasteiger partial charge in [0.1, 0.15) is 5.82 Å². The summed E-state index contributed by atoms with van der Waals surface area (Å²) in [5, 5.41) is 0. The van der Waals surface area contributed by atoms with Gasteiger partial charge in [-0.1, -0.05) is 19.1 Å². The Morgan fingerprint density at radius 2 is 1.83 bits per heavy atom. The third-order valence-electron chi connectivity index (χ3n) is 3.96. The molecule has 98 valence electrons. The summed E-state index contributed by atoms with van der Waals surface area (Å²) in [7, 11) is 1.79. The molecule has 2 rings (SSSR count). The van der Waals surface area contributed by atoms with Gasteiger partial charge in [0.15, 0.2) is 0 Å². The maximum Gasteiger partial charge on any atom is 0.256 e. The van der Waals surface area contributed by atoms with Crippen molar-refractivity contribution in [2.45, 2.75) is 38.6 Å². The fraction of sp³-hybridized carbons (Fsp3) is 0.533. The quantitative estimate of drug-likeness (QED) is 0.785. The zero-order valence-electron chi connectivity index (χ0n) is 11.0. The Hall–Kier alpha value is -1.38. The molecular formula is C15H20FNO. The molecule has 1 aliphatic rings. The average molecular weight is 249 g/mol. The molecule has 1 saturated carbocycles. The summed E-state index contributed by atoms with van der Waals surface area (Å²) in [4.78, 5) is 13.9. The molecular weight excluding hydrogens is 229 g/mol. The summed E-state index contributed by atoms with van der Waals surface area (Å²) in [6.07, 6.45) is 4.36. The van der Waals surface area contributed by atoms with E-state index in [0.29, 0.717) is 0 Å². The van der Waals surface area contributed by atoms with E-state index in [0.717, 1.165) is 31.6 Å². The van der Waals surface area contributed by atoms with Crippen molar-refractivity contribution in [1.82, 2.24) is 4.90 Å². The van der Waals surface area contributed by atoms with Crippen molar-refractivity contribution in [3.05, 3.63) is 35.6 Å². The van der Waals surface area contributed by atoms with Gasteiger partial charge in [0, 0.05) is 13.1 Å². The average Bonchev–Trinajstić information content (AvgIpc) is 2.38. The van der Waals surface area contributed by atoms with Gasteiger partial charge in [0.05, 0.1) is 5.56 Å². The highest BCUT2D eigenvalue weighted by Gasteiger charge is 2.26. The molecule has 0 atom stereocenters. The molecule has 3 heteroatoms. The molecule has 1 aromatic carbocycles.